The molecular formula is C17H17BrFN3O2. The van der Waals surface area contributed by atoms with Crippen LogP contribution in [-0.2, 0) is 4.79 Å². The van der Waals surface area contributed by atoms with Gasteiger partial charge >= 0.3 is 6.03 Å². The normalized spacial score (nSPS) is 11.5. The minimum absolute atomic E-state index is 0.0685. The highest BCUT2D eigenvalue weighted by Crippen LogP contribution is 2.20. The van der Waals surface area contributed by atoms with Gasteiger partial charge in [-0.25, -0.2) is 9.18 Å². The van der Waals surface area contributed by atoms with Crippen LogP contribution >= 0.6 is 15.9 Å². The molecule has 2 aromatic carbocycles. The summed E-state index contributed by atoms with van der Waals surface area (Å²) in [4.78, 5) is 24.0. The summed E-state index contributed by atoms with van der Waals surface area (Å²) in [7, 11) is 0. The van der Waals surface area contributed by atoms with E-state index >= 15 is 0 Å². The van der Waals surface area contributed by atoms with E-state index in [2.05, 4.69) is 31.9 Å². The SMILES string of the molecule is Cc1ccc(NC(=O)NC(C)C(=O)Nc2ccccc2F)cc1Br. The Morgan fingerprint density at radius 2 is 1.83 bits per heavy atom. The van der Waals surface area contributed by atoms with Crippen LogP contribution in [0.4, 0.5) is 20.6 Å². The number of anilines is 2. The van der Waals surface area contributed by atoms with Crippen molar-refractivity contribution in [2.24, 2.45) is 0 Å². The summed E-state index contributed by atoms with van der Waals surface area (Å²) in [6.07, 6.45) is 0. The zero-order chi connectivity index (χ0) is 17.7. The van der Waals surface area contributed by atoms with E-state index in [9.17, 15) is 14.0 Å². The smallest absolute Gasteiger partial charge is 0.319 e. The van der Waals surface area contributed by atoms with Gasteiger partial charge in [-0.15, -0.1) is 0 Å². The predicted octanol–water partition coefficient (Wildman–Crippen LogP) is 4.05. The van der Waals surface area contributed by atoms with Crippen molar-refractivity contribution >= 4 is 39.2 Å². The van der Waals surface area contributed by atoms with E-state index in [1.807, 2.05) is 13.0 Å². The van der Waals surface area contributed by atoms with Crippen LogP contribution in [0.15, 0.2) is 46.9 Å². The molecule has 24 heavy (non-hydrogen) atoms. The lowest BCUT2D eigenvalue weighted by atomic mass is 10.2. The Bertz CT molecular complexity index is 767. The van der Waals surface area contributed by atoms with Crippen molar-refractivity contribution in [2.45, 2.75) is 19.9 Å². The van der Waals surface area contributed by atoms with Crippen molar-refractivity contribution in [1.29, 1.82) is 0 Å². The molecule has 3 amide bonds. The molecule has 0 aromatic heterocycles. The number of carbonyl (C=O) groups excluding carboxylic acids is 2. The monoisotopic (exact) mass is 393 g/mol. The molecule has 1 atom stereocenters. The lowest BCUT2D eigenvalue weighted by Crippen LogP contribution is -2.43. The predicted molar refractivity (Wildman–Crippen MR) is 95.5 cm³/mol. The number of hydrogen-bond donors (Lipinski definition) is 3. The second-order valence-electron chi connectivity index (χ2n) is 5.25. The van der Waals surface area contributed by atoms with Crippen molar-refractivity contribution in [1.82, 2.24) is 5.32 Å². The quantitative estimate of drug-likeness (QED) is 0.733. The molecule has 7 heteroatoms. The third-order valence-corrected chi connectivity index (χ3v) is 4.16. The maximum Gasteiger partial charge on any atom is 0.319 e. The Labute approximate surface area is 147 Å². The first-order chi connectivity index (χ1) is 11.4. The van der Waals surface area contributed by atoms with E-state index in [-0.39, 0.29) is 5.69 Å². The maximum atomic E-state index is 13.5. The highest BCUT2D eigenvalue weighted by molar-refractivity contribution is 9.10. The first kappa shape index (κ1) is 17.9. The molecule has 0 fully saturated rings. The van der Waals surface area contributed by atoms with Crippen molar-refractivity contribution < 1.29 is 14.0 Å². The van der Waals surface area contributed by atoms with Gasteiger partial charge in [-0.1, -0.05) is 34.1 Å². The molecule has 0 heterocycles. The van der Waals surface area contributed by atoms with Crippen LogP contribution in [0.2, 0.25) is 0 Å². The molecule has 5 nitrogen and oxygen atoms in total. The van der Waals surface area contributed by atoms with Crippen LogP contribution in [-0.4, -0.2) is 18.0 Å². The Hall–Kier alpha value is -2.41. The van der Waals surface area contributed by atoms with Gasteiger partial charge in [0.05, 0.1) is 5.69 Å². The van der Waals surface area contributed by atoms with Gasteiger partial charge in [-0.2, -0.15) is 0 Å². The fourth-order valence-corrected chi connectivity index (χ4v) is 2.28. The number of nitrogens with one attached hydrogen (secondary N) is 3. The molecular weight excluding hydrogens is 377 g/mol. The molecule has 0 saturated heterocycles. The van der Waals surface area contributed by atoms with Crippen LogP contribution in [0.3, 0.4) is 0 Å². The number of urea groups is 1. The van der Waals surface area contributed by atoms with Crippen LogP contribution < -0.4 is 16.0 Å². The van der Waals surface area contributed by atoms with Crippen molar-refractivity contribution in [2.75, 3.05) is 10.6 Å². The molecule has 0 aliphatic rings. The van der Waals surface area contributed by atoms with Crippen LogP contribution in [0.1, 0.15) is 12.5 Å². The van der Waals surface area contributed by atoms with Gasteiger partial charge in [0.1, 0.15) is 11.9 Å². The van der Waals surface area contributed by atoms with Crippen LogP contribution in [0.25, 0.3) is 0 Å². The number of aryl methyl sites for hydroxylation is 1. The summed E-state index contributed by atoms with van der Waals surface area (Å²) in [5, 5.41) is 7.57. The third kappa shape index (κ3) is 4.79. The largest absolute Gasteiger partial charge is 0.326 e. The first-order valence-corrected chi connectivity index (χ1v) is 8.05. The van der Waals surface area contributed by atoms with Gasteiger partial charge in [0.2, 0.25) is 5.91 Å². The Kier molecular flexibility index (Phi) is 5.92. The first-order valence-electron chi connectivity index (χ1n) is 7.26. The van der Waals surface area contributed by atoms with E-state index in [0.29, 0.717) is 5.69 Å². The second-order valence-corrected chi connectivity index (χ2v) is 6.11. The summed E-state index contributed by atoms with van der Waals surface area (Å²) in [5.74, 6) is -1.05. The van der Waals surface area contributed by atoms with Gasteiger partial charge in [0, 0.05) is 10.2 Å². The highest BCUT2D eigenvalue weighted by atomic mass is 79.9. The van der Waals surface area contributed by atoms with E-state index in [0.717, 1.165) is 10.0 Å². The molecule has 0 saturated carbocycles. The number of hydrogen-bond acceptors (Lipinski definition) is 2. The number of rotatable bonds is 4. The lowest BCUT2D eigenvalue weighted by molar-refractivity contribution is -0.117. The third-order valence-electron chi connectivity index (χ3n) is 3.30. The van der Waals surface area contributed by atoms with E-state index in [1.165, 1.54) is 25.1 Å². The fourth-order valence-electron chi connectivity index (χ4n) is 1.90. The zero-order valence-electron chi connectivity index (χ0n) is 13.2. The standard InChI is InChI=1S/C17H17BrFN3O2/c1-10-7-8-12(9-13(10)18)21-17(24)20-11(2)16(23)22-15-6-4-3-5-14(15)19/h3-9,11H,1-2H3,(H,22,23)(H2,20,21,24). The summed E-state index contributed by atoms with van der Waals surface area (Å²) < 4.78 is 14.4. The second kappa shape index (κ2) is 7.92. The van der Waals surface area contributed by atoms with E-state index in [1.54, 1.807) is 18.2 Å². The zero-order valence-corrected chi connectivity index (χ0v) is 14.8. The Morgan fingerprint density at radius 3 is 2.50 bits per heavy atom. The number of halogens is 2. The Balaban J connectivity index is 1.92. The molecule has 126 valence electrons. The summed E-state index contributed by atoms with van der Waals surface area (Å²) >= 11 is 3.38. The van der Waals surface area contributed by atoms with E-state index in [4.69, 9.17) is 0 Å². The number of para-hydroxylation sites is 1. The lowest BCUT2D eigenvalue weighted by Gasteiger charge is -2.15. The van der Waals surface area contributed by atoms with Gasteiger partial charge in [-0.05, 0) is 43.7 Å². The molecule has 2 aromatic rings. The van der Waals surface area contributed by atoms with Gasteiger partial charge in [0.15, 0.2) is 0 Å². The van der Waals surface area contributed by atoms with Gasteiger partial charge in [0.25, 0.3) is 0 Å². The Morgan fingerprint density at radius 1 is 1.12 bits per heavy atom. The van der Waals surface area contributed by atoms with Crippen molar-refractivity contribution in [3.8, 4) is 0 Å². The average Bonchev–Trinajstić information content (AvgIpc) is 2.53. The van der Waals surface area contributed by atoms with Crippen LogP contribution in [0.5, 0.6) is 0 Å². The minimum Gasteiger partial charge on any atom is -0.326 e. The summed E-state index contributed by atoms with van der Waals surface area (Å²) in [5.41, 5.74) is 1.70. The summed E-state index contributed by atoms with van der Waals surface area (Å²) in [6.45, 7) is 3.45. The van der Waals surface area contributed by atoms with Gasteiger partial charge < -0.3 is 16.0 Å². The molecule has 3 N–H and O–H groups in total. The molecule has 0 spiro atoms. The average molecular weight is 394 g/mol. The van der Waals surface area contributed by atoms with Crippen LogP contribution in [0, 0.1) is 12.7 Å². The maximum absolute atomic E-state index is 13.5. The molecule has 0 bridgehead atoms. The molecule has 0 radical (unpaired) electrons. The number of amides is 3. The molecule has 1 unspecified atom stereocenters. The number of benzene rings is 2. The number of carbonyl (C=O) groups is 2. The van der Waals surface area contributed by atoms with Crippen molar-refractivity contribution in [3.05, 3.63) is 58.3 Å². The molecule has 0 aliphatic carbocycles. The van der Waals surface area contributed by atoms with E-state index < -0.39 is 23.8 Å². The summed E-state index contributed by atoms with van der Waals surface area (Å²) in [6, 6.07) is 9.84. The topological polar surface area (TPSA) is 70.2 Å². The molecule has 0 aliphatic heterocycles. The minimum atomic E-state index is -0.835. The fraction of sp³-hybridized carbons (Fsp3) is 0.176. The van der Waals surface area contributed by atoms with Gasteiger partial charge in [-0.3, -0.25) is 4.79 Å². The molecule has 2 rings (SSSR count). The highest BCUT2D eigenvalue weighted by Gasteiger charge is 2.17. The van der Waals surface area contributed by atoms with Crippen molar-refractivity contribution in [3.63, 3.8) is 0 Å².